The van der Waals surface area contributed by atoms with E-state index in [0.29, 0.717) is 0 Å². The standard InChI is InChI=1S/C3H3N3S/c7-6-2-4-1-5-3-6/h1-3H. The normalized spacial score (nSPS) is 8.57. The van der Waals surface area contributed by atoms with Gasteiger partial charge in [-0.3, -0.25) is 0 Å². The summed E-state index contributed by atoms with van der Waals surface area (Å²) in [5, 5.41) is 0. The summed E-state index contributed by atoms with van der Waals surface area (Å²) < 4.78 is 1.36. The molecule has 0 aliphatic carbocycles. The van der Waals surface area contributed by atoms with Gasteiger partial charge in [0.05, 0.1) is 0 Å². The van der Waals surface area contributed by atoms with E-state index in [9.17, 15) is 0 Å². The fourth-order valence-corrected chi connectivity index (χ4v) is 0.368. The summed E-state index contributed by atoms with van der Waals surface area (Å²) in [7, 11) is 0. The van der Waals surface area contributed by atoms with E-state index in [0.717, 1.165) is 0 Å². The number of aromatic nitrogens is 3. The third-order valence-electron chi connectivity index (χ3n) is 0.494. The molecule has 0 aliphatic heterocycles. The quantitative estimate of drug-likeness (QED) is 0.322. The summed E-state index contributed by atoms with van der Waals surface area (Å²) in [6, 6.07) is 0. The number of hydrogen-bond donors (Lipinski definition) is 0. The van der Waals surface area contributed by atoms with Crippen molar-refractivity contribution in [3.05, 3.63) is 19.0 Å². The van der Waals surface area contributed by atoms with Crippen LogP contribution in [0.2, 0.25) is 0 Å². The zero-order valence-corrected chi connectivity index (χ0v) is 4.30. The van der Waals surface area contributed by atoms with Gasteiger partial charge in [-0.25, -0.2) is 0 Å². The third-order valence-corrected chi connectivity index (χ3v) is 0.683. The van der Waals surface area contributed by atoms with Crippen LogP contribution in [0.3, 0.4) is 0 Å². The molecule has 1 aromatic rings. The second-order valence-corrected chi connectivity index (χ2v) is 1.43. The van der Waals surface area contributed by atoms with Gasteiger partial charge in [0.15, 0.2) is 0 Å². The molecule has 4 heteroatoms. The van der Waals surface area contributed by atoms with Gasteiger partial charge in [-0.1, -0.05) is 9.97 Å². The first-order valence-electron chi connectivity index (χ1n) is 1.73. The van der Waals surface area contributed by atoms with Gasteiger partial charge in [0, 0.05) is 0 Å². The van der Waals surface area contributed by atoms with Crippen LogP contribution in [0.5, 0.6) is 0 Å². The smallest absolute Gasteiger partial charge is 0.263 e. The van der Waals surface area contributed by atoms with Gasteiger partial charge in [-0.2, -0.15) is 0 Å². The van der Waals surface area contributed by atoms with E-state index in [1.165, 1.54) is 23.0 Å². The highest BCUT2D eigenvalue weighted by Crippen LogP contribution is 1.55. The lowest BCUT2D eigenvalue weighted by Gasteiger charge is -1.93. The Bertz CT molecular complexity index is 140. The van der Waals surface area contributed by atoms with Crippen molar-refractivity contribution in [2.45, 2.75) is 0 Å². The molecule has 0 fully saturated rings. The van der Waals surface area contributed by atoms with Crippen molar-refractivity contribution in [2.24, 2.45) is 0 Å². The molecule has 36 valence electrons. The lowest BCUT2D eigenvalue weighted by atomic mass is 11.1. The van der Waals surface area contributed by atoms with Crippen LogP contribution in [0.1, 0.15) is 0 Å². The predicted octanol–water partition coefficient (Wildman–Crippen LogP) is -0.926. The van der Waals surface area contributed by atoms with Crippen LogP contribution in [-0.2, 0) is 12.8 Å². The zero-order chi connectivity index (χ0) is 5.11. The molecular weight excluding hydrogens is 110 g/mol. The van der Waals surface area contributed by atoms with E-state index in [4.69, 9.17) is 0 Å². The Hall–Kier alpha value is -0.770. The first kappa shape index (κ1) is 4.39. The van der Waals surface area contributed by atoms with E-state index in [1.807, 2.05) is 0 Å². The van der Waals surface area contributed by atoms with Gasteiger partial charge in [0.2, 0.25) is 12.7 Å². The summed E-state index contributed by atoms with van der Waals surface area (Å²) in [6.07, 6.45) is 4.44. The van der Waals surface area contributed by atoms with E-state index in [2.05, 4.69) is 22.8 Å². The van der Waals surface area contributed by atoms with Crippen molar-refractivity contribution < 1.29 is 3.97 Å². The first-order chi connectivity index (χ1) is 3.39. The highest BCUT2D eigenvalue weighted by molar-refractivity contribution is 7.50. The number of nitrogens with zero attached hydrogens (tertiary/aromatic N) is 3. The largest absolute Gasteiger partial charge is 0.596 e. The molecule has 0 amide bonds. The fourth-order valence-electron chi connectivity index (χ4n) is 0.259. The lowest BCUT2D eigenvalue weighted by Crippen LogP contribution is -2.25. The van der Waals surface area contributed by atoms with Gasteiger partial charge < -0.3 is 16.8 Å². The molecule has 0 bridgehead atoms. The fraction of sp³-hybridized carbons (Fsp3) is 0. The van der Waals surface area contributed by atoms with Crippen LogP contribution in [0.25, 0.3) is 0 Å². The van der Waals surface area contributed by atoms with Crippen molar-refractivity contribution in [1.29, 1.82) is 0 Å². The summed E-state index contributed by atoms with van der Waals surface area (Å²) in [5.74, 6) is 0. The molecule has 0 aliphatic rings. The summed E-state index contributed by atoms with van der Waals surface area (Å²) in [4.78, 5) is 7.26. The number of hydrogen-bond acceptors (Lipinski definition) is 3. The molecule has 1 rings (SSSR count). The SMILES string of the molecule is [S-][n+]1cncnc1. The van der Waals surface area contributed by atoms with Gasteiger partial charge in [-0.05, 0) is 0 Å². The first-order valence-corrected chi connectivity index (χ1v) is 2.10. The average Bonchev–Trinajstić information content (AvgIpc) is 1.69. The van der Waals surface area contributed by atoms with Crippen molar-refractivity contribution >= 4 is 12.8 Å². The molecule has 0 unspecified atom stereocenters. The van der Waals surface area contributed by atoms with Crippen molar-refractivity contribution in [1.82, 2.24) is 9.97 Å². The van der Waals surface area contributed by atoms with Crippen LogP contribution in [-0.4, -0.2) is 9.97 Å². The van der Waals surface area contributed by atoms with Gasteiger partial charge in [-0.15, -0.1) is 0 Å². The second-order valence-electron chi connectivity index (χ2n) is 1.00. The predicted molar refractivity (Wildman–Crippen MR) is 25.0 cm³/mol. The van der Waals surface area contributed by atoms with Gasteiger partial charge in [0.25, 0.3) is 6.33 Å². The third kappa shape index (κ3) is 1.04. The minimum absolute atomic E-state index is 1.36. The van der Waals surface area contributed by atoms with E-state index in [-0.39, 0.29) is 0 Å². The summed E-state index contributed by atoms with van der Waals surface area (Å²) >= 11 is 4.60. The molecule has 0 radical (unpaired) electrons. The molecule has 3 nitrogen and oxygen atoms in total. The van der Waals surface area contributed by atoms with Crippen LogP contribution in [0.15, 0.2) is 19.0 Å². The molecule has 1 aromatic heterocycles. The van der Waals surface area contributed by atoms with Crippen molar-refractivity contribution in [2.75, 3.05) is 0 Å². The Morgan fingerprint density at radius 3 is 2.14 bits per heavy atom. The maximum atomic E-state index is 4.60. The van der Waals surface area contributed by atoms with Crippen LogP contribution in [0.4, 0.5) is 0 Å². The minimum Gasteiger partial charge on any atom is -0.596 e. The molecule has 0 saturated carbocycles. The van der Waals surface area contributed by atoms with E-state index < -0.39 is 0 Å². The number of rotatable bonds is 0. The van der Waals surface area contributed by atoms with Crippen molar-refractivity contribution in [3.8, 4) is 0 Å². The molecule has 7 heavy (non-hydrogen) atoms. The minimum atomic E-state index is 1.36. The molecule has 0 saturated heterocycles. The summed E-state index contributed by atoms with van der Waals surface area (Å²) in [5.41, 5.74) is 0. The maximum absolute atomic E-state index is 4.60. The lowest BCUT2D eigenvalue weighted by molar-refractivity contribution is -0.500. The highest BCUT2D eigenvalue weighted by Gasteiger charge is 1.74. The summed E-state index contributed by atoms with van der Waals surface area (Å²) in [6.45, 7) is 0. The Labute approximate surface area is 46.6 Å². The molecule has 0 spiro atoms. The van der Waals surface area contributed by atoms with Crippen LogP contribution in [0, 0.1) is 0 Å². The van der Waals surface area contributed by atoms with Gasteiger partial charge in [0.1, 0.15) is 0 Å². The zero-order valence-electron chi connectivity index (χ0n) is 3.48. The molecule has 0 aromatic carbocycles. The Morgan fingerprint density at radius 2 is 1.86 bits per heavy atom. The molecular formula is C3H3N3S. The average molecular weight is 113 g/mol. The van der Waals surface area contributed by atoms with Crippen LogP contribution < -0.4 is 3.97 Å². The Balaban J connectivity index is 3.02. The molecule has 0 N–H and O–H groups in total. The molecule has 0 atom stereocenters. The topological polar surface area (TPSA) is 29.7 Å². The molecule has 1 heterocycles. The van der Waals surface area contributed by atoms with E-state index in [1.54, 1.807) is 0 Å². The second kappa shape index (κ2) is 1.79. The van der Waals surface area contributed by atoms with Gasteiger partial charge >= 0.3 is 0 Å². The Morgan fingerprint density at radius 1 is 1.29 bits per heavy atom. The highest BCUT2D eigenvalue weighted by atomic mass is 32.1. The monoisotopic (exact) mass is 113 g/mol. The van der Waals surface area contributed by atoms with Crippen LogP contribution >= 0.6 is 0 Å². The maximum Gasteiger partial charge on any atom is 0.263 e. The Kier molecular flexibility index (Phi) is 1.12. The van der Waals surface area contributed by atoms with Crippen molar-refractivity contribution in [3.63, 3.8) is 0 Å². The van der Waals surface area contributed by atoms with E-state index >= 15 is 0 Å².